The summed E-state index contributed by atoms with van der Waals surface area (Å²) in [4.78, 5) is 4.45. The van der Waals surface area contributed by atoms with Crippen LogP contribution in [0.15, 0.2) is 30.5 Å². The minimum Gasteiger partial charge on any atom is -0.384 e. The minimum atomic E-state index is -0.988. The number of nitrogens with zero attached hydrogens (tertiary/aromatic N) is 3. The predicted molar refractivity (Wildman–Crippen MR) is 98.7 cm³/mol. The SMILES string of the molecule is CC(C)(O)c1cccc(Nc2cnnc(N[C@@H]3CCCC[C@@H]3N)c2)n1. The molecule has 134 valence electrons. The molecule has 7 heteroatoms. The molecule has 0 bridgehead atoms. The van der Waals surface area contributed by atoms with E-state index in [1.807, 2.05) is 18.2 Å². The summed E-state index contributed by atoms with van der Waals surface area (Å²) < 4.78 is 0. The summed E-state index contributed by atoms with van der Waals surface area (Å²) in [5.41, 5.74) is 6.58. The number of rotatable bonds is 5. The maximum Gasteiger partial charge on any atom is 0.150 e. The number of nitrogens with one attached hydrogen (secondary N) is 2. The quantitative estimate of drug-likeness (QED) is 0.661. The monoisotopic (exact) mass is 342 g/mol. The molecule has 2 heterocycles. The Morgan fingerprint density at radius 2 is 2.00 bits per heavy atom. The fourth-order valence-electron chi connectivity index (χ4n) is 3.03. The van der Waals surface area contributed by atoms with E-state index >= 15 is 0 Å². The normalized spacial score (nSPS) is 21.0. The van der Waals surface area contributed by atoms with Gasteiger partial charge in [-0.25, -0.2) is 4.98 Å². The Balaban J connectivity index is 1.71. The lowest BCUT2D eigenvalue weighted by molar-refractivity contribution is 0.0740. The molecule has 5 N–H and O–H groups in total. The third kappa shape index (κ3) is 4.64. The van der Waals surface area contributed by atoms with Gasteiger partial charge in [-0.2, -0.15) is 5.10 Å². The smallest absolute Gasteiger partial charge is 0.150 e. The van der Waals surface area contributed by atoms with Gasteiger partial charge >= 0.3 is 0 Å². The number of aromatic nitrogens is 3. The summed E-state index contributed by atoms with van der Waals surface area (Å²) in [7, 11) is 0. The maximum absolute atomic E-state index is 10.1. The van der Waals surface area contributed by atoms with Crippen LogP contribution in [0, 0.1) is 0 Å². The Kier molecular flexibility index (Phi) is 5.15. The summed E-state index contributed by atoms with van der Waals surface area (Å²) in [5, 5.41) is 24.9. The van der Waals surface area contributed by atoms with Crippen LogP contribution in [0.1, 0.15) is 45.2 Å². The Bertz CT molecular complexity index is 715. The number of hydrogen-bond acceptors (Lipinski definition) is 7. The molecule has 0 aromatic carbocycles. The molecule has 0 aliphatic heterocycles. The Labute approximate surface area is 148 Å². The molecule has 2 atom stereocenters. The third-order valence-electron chi connectivity index (χ3n) is 4.46. The minimum absolute atomic E-state index is 0.150. The highest BCUT2D eigenvalue weighted by molar-refractivity contribution is 5.59. The van der Waals surface area contributed by atoms with Crippen LogP contribution in [0.5, 0.6) is 0 Å². The number of nitrogens with two attached hydrogens (primary N) is 1. The number of aliphatic hydroxyl groups is 1. The Morgan fingerprint density at radius 1 is 1.20 bits per heavy atom. The topological polar surface area (TPSA) is 109 Å². The molecule has 25 heavy (non-hydrogen) atoms. The third-order valence-corrected chi connectivity index (χ3v) is 4.46. The van der Waals surface area contributed by atoms with Gasteiger partial charge in [0, 0.05) is 18.2 Å². The van der Waals surface area contributed by atoms with Crippen molar-refractivity contribution < 1.29 is 5.11 Å². The Morgan fingerprint density at radius 3 is 2.76 bits per heavy atom. The van der Waals surface area contributed by atoms with Gasteiger partial charge in [0.1, 0.15) is 11.4 Å². The first-order valence-electron chi connectivity index (χ1n) is 8.73. The van der Waals surface area contributed by atoms with E-state index in [2.05, 4.69) is 25.8 Å². The van der Waals surface area contributed by atoms with Gasteiger partial charge in [0.05, 0.1) is 17.6 Å². The van der Waals surface area contributed by atoms with Crippen LogP contribution in [0.25, 0.3) is 0 Å². The molecule has 1 aliphatic carbocycles. The van der Waals surface area contributed by atoms with E-state index in [-0.39, 0.29) is 12.1 Å². The summed E-state index contributed by atoms with van der Waals surface area (Å²) in [6.07, 6.45) is 6.11. The van der Waals surface area contributed by atoms with Crippen molar-refractivity contribution >= 4 is 17.3 Å². The average molecular weight is 342 g/mol. The number of anilines is 3. The van der Waals surface area contributed by atoms with E-state index in [9.17, 15) is 5.11 Å². The van der Waals surface area contributed by atoms with Crippen LogP contribution in [0.3, 0.4) is 0 Å². The van der Waals surface area contributed by atoms with Gasteiger partial charge in [0.25, 0.3) is 0 Å². The highest BCUT2D eigenvalue weighted by atomic mass is 16.3. The number of pyridine rings is 1. The molecule has 3 rings (SSSR count). The van der Waals surface area contributed by atoms with Crippen molar-refractivity contribution in [3.8, 4) is 0 Å². The van der Waals surface area contributed by atoms with E-state index in [1.54, 1.807) is 26.1 Å². The fourth-order valence-corrected chi connectivity index (χ4v) is 3.03. The van der Waals surface area contributed by atoms with Crippen molar-refractivity contribution in [2.45, 2.75) is 57.2 Å². The summed E-state index contributed by atoms with van der Waals surface area (Å²) in [6.45, 7) is 3.42. The molecule has 0 spiro atoms. The number of hydrogen-bond donors (Lipinski definition) is 4. The molecule has 0 amide bonds. The molecule has 1 aliphatic rings. The van der Waals surface area contributed by atoms with Crippen molar-refractivity contribution in [2.24, 2.45) is 5.73 Å². The second-order valence-corrected chi connectivity index (χ2v) is 7.12. The lowest BCUT2D eigenvalue weighted by Crippen LogP contribution is -2.42. The van der Waals surface area contributed by atoms with Crippen LogP contribution in [-0.2, 0) is 5.60 Å². The van der Waals surface area contributed by atoms with Gasteiger partial charge in [-0.15, -0.1) is 5.10 Å². The van der Waals surface area contributed by atoms with Crippen molar-refractivity contribution in [1.82, 2.24) is 15.2 Å². The standard InChI is InChI=1S/C18H26N6O/c1-18(2,25)15-8-5-9-16(23-15)21-12-10-17(24-20-11-12)22-14-7-4-3-6-13(14)19/h5,8-11,13-14,25H,3-4,6-7,19H2,1-2H3,(H2,21,22,23,24)/t13-,14+/m0/s1. The Hall–Kier alpha value is -2.25. The van der Waals surface area contributed by atoms with Crippen molar-refractivity contribution in [2.75, 3.05) is 10.6 Å². The van der Waals surface area contributed by atoms with Gasteiger partial charge in [0.2, 0.25) is 0 Å². The van der Waals surface area contributed by atoms with Crippen LogP contribution in [0.2, 0.25) is 0 Å². The molecule has 0 saturated heterocycles. The average Bonchev–Trinajstić information content (AvgIpc) is 2.57. The van der Waals surface area contributed by atoms with Crippen molar-refractivity contribution in [3.05, 3.63) is 36.2 Å². The zero-order valence-electron chi connectivity index (χ0n) is 14.7. The molecule has 2 aromatic heterocycles. The lowest BCUT2D eigenvalue weighted by Gasteiger charge is -2.29. The largest absolute Gasteiger partial charge is 0.384 e. The summed E-state index contributed by atoms with van der Waals surface area (Å²) >= 11 is 0. The maximum atomic E-state index is 10.1. The van der Waals surface area contributed by atoms with E-state index in [0.717, 1.165) is 18.5 Å². The van der Waals surface area contributed by atoms with Gasteiger partial charge in [-0.3, -0.25) is 0 Å². The second kappa shape index (κ2) is 7.33. The molecular formula is C18H26N6O. The van der Waals surface area contributed by atoms with Crippen molar-refractivity contribution in [1.29, 1.82) is 0 Å². The first kappa shape index (κ1) is 17.6. The molecule has 0 unspecified atom stereocenters. The van der Waals surface area contributed by atoms with Gasteiger partial charge in [0.15, 0.2) is 5.82 Å². The second-order valence-electron chi connectivity index (χ2n) is 7.12. The van der Waals surface area contributed by atoms with Crippen LogP contribution in [-0.4, -0.2) is 32.4 Å². The van der Waals surface area contributed by atoms with Gasteiger partial charge in [-0.05, 0) is 38.8 Å². The predicted octanol–water partition coefficient (Wildman–Crippen LogP) is 2.52. The molecule has 1 fully saturated rings. The molecule has 2 aromatic rings. The first-order chi connectivity index (χ1) is 11.9. The highest BCUT2D eigenvalue weighted by Crippen LogP contribution is 2.23. The summed E-state index contributed by atoms with van der Waals surface area (Å²) in [6, 6.07) is 7.78. The molecule has 7 nitrogen and oxygen atoms in total. The first-order valence-corrected chi connectivity index (χ1v) is 8.73. The van der Waals surface area contributed by atoms with Crippen molar-refractivity contribution in [3.63, 3.8) is 0 Å². The van der Waals surface area contributed by atoms with Gasteiger partial charge in [-0.1, -0.05) is 18.9 Å². The van der Waals surface area contributed by atoms with E-state index in [1.165, 1.54) is 12.8 Å². The lowest BCUT2D eigenvalue weighted by atomic mass is 9.91. The van der Waals surface area contributed by atoms with Crippen LogP contribution < -0.4 is 16.4 Å². The van der Waals surface area contributed by atoms with Crippen LogP contribution in [0.4, 0.5) is 17.3 Å². The molecular weight excluding hydrogens is 316 g/mol. The van der Waals surface area contributed by atoms with Crippen LogP contribution >= 0.6 is 0 Å². The molecule has 0 radical (unpaired) electrons. The van der Waals surface area contributed by atoms with E-state index < -0.39 is 5.60 Å². The highest BCUT2D eigenvalue weighted by Gasteiger charge is 2.22. The van der Waals surface area contributed by atoms with E-state index in [0.29, 0.717) is 17.3 Å². The van der Waals surface area contributed by atoms with E-state index in [4.69, 9.17) is 5.73 Å². The molecule has 1 saturated carbocycles. The zero-order valence-corrected chi connectivity index (χ0v) is 14.7. The zero-order chi connectivity index (χ0) is 17.9. The fraction of sp³-hybridized carbons (Fsp3) is 0.500. The van der Waals surface area contributed by atoms with Gasteiger partial charge < -0.3 is 21.5 Å². The summed E-state index contributed by atoms with van der Waals surface area (Å²) in [5.74, 6) is 1.35.